The van der Waals surface area contributed by atoms with Crippen molar-refractivity contribution in [2.24, 2.45) is 0 Å². The zero-order chi connectivity index (χ0) is 28.0. The summed E-state index contributed by atoms with van der Waals surface area (Å²) in [4.78, 5) is 42.0. The molecule has 0 atom stereocenters. The van der Waals surface area contributed by atoms with Crippen LogP contribution in [0.5, 0.6) is 11.5 Å². The Morgan fingerprint density at radius 2 is 1.51 bits per heavy atom. The number of fused-ring (bicyclic) bond motifs is 1. The Hall–Kier alpha value is -4.67. The quantitative estimate of drug-likeness (QED) is 0.247. The van der Waals surface area contributed by atoms with Gasteiger partial charge in [-0.1, -0.05) is 18.2 Å². The third-order valence-corrected chi connectivity index (χ3v) is 7.40. The van der Waals surface area contributed by atoms with E-state index < -0.39 is 0 Å². The van der Waals surface area contributed by atoms with E-state index in [0.717, 1.165) is 56.1 Å². The molecule has 4 aromatic rings. The first-order chi connectivity index (χ1) is 20.1. The Labute approximate surface area is 238 Å². The van der Waals surface area contributed by atoms with E-state index in [4.69, 9.17) is 14.7 Å². The number of carbonyl (C=O) groups is 2. The van der Waals surface area contributed by atoms with Crippen LogP contribution in [0.15, 0.2) is 60.9 Å². The lowest BCUT2D eigenvalue weighted by Gasteiger charge is -2.16. The Balaban J connectivity index is 1.19. The smallest absolute Gasteiger partial charge is 0.226 e. The Morgan fingerprint density at radius 1 is 0.805 bits per heavy atom. The van der Waals surface area contributed by atoms with Crippen molar-refractivity contribution >= 4 is 40.4 Å². The largest absolute Gasteiger partial charge is 0.457 e. The molecule has 2 aliphatic heterocycles. The minimum Gasteiger partial charge on any atom is -0.457 e. The molecule has 2 aromatic carbocycles. The summed E-state index contributed by atoms with van der Waals surface area (Å²) in [5.41, 5.74) is 2.17. The van der Waals surface area contributed by atoms with Crippen LogP contribution in [0.3, 0.4) is 0 Å². The van der Waals surface area contributed by atoms with Crippen LogP contribution < -0.4 is 15.4 Å². The summed E-state index contributed by atoms with van der Waals surface area (Å²) in [6.07, 6.45) is 5.67. The lowest BCUT2D eigenvalue weighted by molar-refractivity contribution is -0.128. The third-order valence-electron chi connectivity index (χ3n) is 7.40. The molecule has 11 heteroatoms. The van der Waals surface area contributed by atoms with Gasteiger partial charge in [-0.25, -0.2) is 4.98 Å². The number of ether oxygens (including phenoxy) is 1. The molecule has 0 bridgehead atoms. The molecule has 2 amide bonds. The molecule has 11 nitrogen and oxygen atoms in total. The van der Waals surface area contributed by atoms with Crippen molar-refractivity contribution in [2.75, 3.05) is 43.4 Å². The summed E-state index contributed by atoms with van der Waals surface area (Å²) in [5.74, 6) is 3.00. The van der Waals surface area contributed by atoms with E-state index in [2.05, 4.69) is 15.6 Å². The highest BCUT2D eigenvalue weighted by Gasteiger charge is 2.21. The van der Waals surface area contributed by atoms with Crippen LogP contribution in [-0.4, -0.2) is 73.9 Å². The summed E-state index contributed by atoms with van der Waals surface area (Å²) in [6, 6.07) is 17.3. The van der Waals surface area contributed by atoms with E-state index in [0.29, 0.717) is 55.4 Å². The molecule has 2 N–H and O–H groups in total. The first-order valence-electron chi connectivity index (χ1n) is 14.2. The lowest BCUT2D eigenvalue weighted by Crippen LogP contribution is -2.28. The van der Waals surface area contributed by atoms with Crippen LogP contribution in [0.2, 0.25) is 0 Å². The number of anilines is 3. The van der Waals surface area contributed by atoms with Crippen molar-refractivity contribution in [1.82, 2.24) is 29.3 Å². The van der Waals surface area contributed by atoms with Gasteiger partial charge < -0.3 is 29.7 Å². The minimum atomic E-state index is 0.199. The van der Waals surface area contributed by atoms with Crippen LogP contribution in [0.25, 0.3) is 11.2 Å². The molecule has 2 saturated heterocycles. The average molecular weight is 555 g/mol. The minimum absolute atomic E-state index is 0.199. The number of imidazole rings is 1. The molecule has 4 heterocycles. The number of hydrogen-bond donors (Lipinski definition) is 2. The maximum absolute atomic E-state index is 12.1. The molecule has 41 heavy (non-hydrogen) atoms. The molecule has 2 fully saturated rings. The van der Waals surface area contributed by atoms with Crippen molar-refractivity contribution < 1.29 is 14.3 Å². The van der Waals surface area contributed by atoms with Gasteiger partial charge >= 0.3 is 0 Å². The fourth-order valence-corrected chi connectivity index (χ4v) is 5.22. The Kier molecular flexibility index (Phi) is 7.92. The number of rotatable bonds is 12. The van der Waals surface area contributed by atoms with Crippen molar-refractivity contribution in [1.29, 1.82) is 0 Å². The first-order valence-corrected chi connectivity index (χ1v) is 14.2. The summed E-state index contributed by atoms with van der Waals surface area (Å²) in [5, 5.41) is 6.73. The number of carbonyl (C=O) groups excluding carboxylic acids is 2. The van der Waals surface area contributed by atoms with Gasteiger partial charge in [0, 0.05) is 57.8 Å². The van der Waals surface area contributed by atoms with Crippen molar-refractivity contribution in [2.45, 2.75) is 38.6 Å². The second kappa shape index (κ2) is 12.2. The lowest BCUT2D eigenvalue weighted by atomic mass is 10.3. The number of para-hydroxylation sites is 1. The molecule has 0 saturated carbocycles. The number of aromatic nitrogens is 4. The van der Waals surface area contributed by atoms with Crippen molar-refractivity contribution in [3.05, 3.63) is 60.9 Å². The van der Waals surface area contributed by atoms with Gasteiger partial charge in [-0.05, 0) is 55.7 Å². The molecule has 0 spiro atoms. The van der Waals surface area contributed by atoms with E-state index in [1.54, 1.807) is 6.33 Å². The maximum atomic E-state index is 12.1. The fraction of sp³-hybridized carbons (Fsp3) is 0.367. The van der Waals surface area contributed by atoms with Gasteiger partial charge in [-0.3, -0.25) is 9.59 Å². The highest BCUT2D eigenvalue weighted by atomic mass is 16.5. The van der Waals surface area contributed by atoms with Gasteiger partial charge in [0.05, 0.1) is 6.33 Å². The summed E-state index contributed by atoms with van der Waals surface area (Å²) >= 11 is 0. The van der Waals surface area contributed by atoms with Crippen LogP contribution in [-0.2, 0) is 16.1 Å². The Bertz CT molecular complexity index is 1510. The van der Waals surface area contributed by atoms with Gasteiger partial charge in [0.1, 0.15) is 11.5 Å². The molecular weight excluding hydrogens is 520 g/mol. The first kappa shape index (κ1) is 26.5. The summed E-state index contributed by atoms with van der Waals surface area (Å²) in [7, 11) is 0. The molecule has 2 aliphatic rings. The summed E-state index contributed by atoms with van der Waals surface area (Å²) in [6.45, 7) is 4.20. The predicted molar refractivity (Wildman–Crippen MR) is 156 cm³/mol. The molecule has 0 aliphatic carbocycles. The number of hydrogen-bond acceptors (Lipinski definition) is 8. The standard InChI is InChI=1S/C30H34N8O3/c39-25-9-4-16-36(25)18-6-15-31-30-34-28(33-22-11-13-24(14-12-22)41-23-7-2-1-3-8-23)27-29(35-30)38(21-32-27)20-19-37-17-5-10-26(37)40/h1-3,7-8,11-14,21H,4-6,9-10,15-20H2,(H2,31,33,34,35). The second-order valence-electron chi connectivity index (χ2n) is 10.3. The topological polar surface area (TPSA) is 118 Å². The number of likely N-dealkylation sites (tertiary alicyclic amines) is 2. The third kappa shape index (κ3) is 6.40. The normalized spacial score (nSPS) is 15.2. The van der Waals surface area contributed by atoms with E-state index in [1.807, 2.05) is 69.0 Å². The van der Waals surface area contributed by atoms with Gasteiger partial charge in [0.15, 0.2) is 17.0 Å². The van der Waals surface area contributed by atoms with E-state index in [1.165, 1.54) is 0 Å². The zero-order valence-corrected chi connectivity index (χ0v) is 23.0. The second-order valence-corrected chi connectivity index (χ2v) is 10.3. The van der Waals surface area contributed by atoms with Gasteiger partial charge in [0.2, 0.25) is 17.8 Å². The van der Waals surface area contributed by atoms with Crippen LogP contribution in [0, 0.1) is 0 Å². The predicted octanol–water partition coefficient (Wildman–Crippen LogP) is 4.41. The Morgan fingerprint density at radius 3 is 2.22 bits per heavy atom. The van der Waals surface area contributed by atoms with Crippen molar-refractivity contribution in [3.8, 4) is 11.5 Å². The molecule has 0 unspecified atom stereocenters. The highest BCUT2D eigenvalue weighted by Crippen LogP contribution is 2.27. The molecule has 2 aromatic heterocycles. The average Bonchev–Trinajstić information content (AvgIpc) is 3.71. The van der Waals surface area contributed by atoms with E-state index >= 15 is 0 Å². The number of nitrogens with zero attached hydrogens (tertiary/aromatic N) is 6. The monoisotopic (exact) mass is 554 g/mol. The molecule has 212 valence electrons. The summed E-state index contributed by atoms with van der Waals surface area (Å²) < 4.78 is 7.89. The van der Waals surface area contributed by atoms with E-state index in [9.17, 15) is 9.59 Å². The zero-order valence-electron chi connectivity index (χ0n) is 23.0. The van der Waals surface area contributed by atoms with E-state index in [-0.39, 0.29) is 11.8 Å². The number of amides is 2. The van der Waals surface area contributed by atoms with Gasteiger partial charge in [-0.15, -0.1) is 0 Å². The molecule has 0 radical (unpaired) electrons. The SMILES string of the molecule is O=C1CCCN1CCCNc1nc(Nc2ccc(Oc3ccccc3)cc2)c2ncn(CCN3CCCC3=O)c2n1. The van der Waals surface area contributed by atoms with Crippen LogP contribution in [0.4, 0.5) is 17.5 Å². The highest BCUT2D eigenvalue weighted by molar-refractivity contribution is 5.86. The molecule has 6 rings (SSSR count). The van der Waals surface area contributed by atoms with Crippen LogP contribution >= 0.6 is 0 Å². The van der Waals surface area contributed by atoms with Gasteiger partial charge in [0.25, 0.3) is 0 Å². The molecular formula is C30H34N8O3. The number of nitrogens with one attached hydrogen (secondary N) is 2. The maximum Gasteiger partial charge on any atom is 0.226 e. The number of benzene rings is 2. The fourth-order valence-electron chi connectivity index (χ4n) is 5.22. The van der Waals surface area contributed by atoms with Gasteiger partial charge in [-0.2, -0.15) is 9.97 Å². The van der Waals surface area contributed by atoms with Crippen molar-refractivity contribution in [3.63, 3.8) is 0 Å². The van der Waals surface area contributed by atoms with Crippen LogP contribution in [0.1, 0.15) is 32.1 Å².